The van der Waals surface area contributed by atoms with E-state index in [9.17, 15) is 0 Å². The van der Waals surface area contributed by atoms with Crippen LogP contribution in [0.3, 0.4) is 0 Å². The van der Waals surface area contributed by atoms with Gasteiger partial charge in [0.25, 0.3) is 0 Å². The fourth-order valence-electron chi connectivity index (χ4n) is 4.19. The number of rotatable bonds is 3. The van der Waals surface area contributed by atoms with Gasteiger partial charge in [0, 0.05) is 11.9 Å². The summed E-state index contributed by atoms with van der Waals surface area (Å²) in [6, 6.07) is 12.9. The largest absolute Gasteiger partial charge is 0.305 e. The Labute approximate surface area is 150 Å². The molecule has 1 aromatic carbocycles. The predicted octanol–water partition coefficient (Wildman–Crippen LogP) is 4.82. The lowest BCUT2D eigenvalue weighted by molar-refractivity contribution is 0.423. The molecule has 2 atom stereocenters. The standard InChI is InChI=1S/C19H22N2.2ClH/c1-21(2)12-16-14-7-8-15(11-14)19(16)18-10-9-13-5-3-4-6-17(13)20-18;;/h3-6,9-10,14-15H,7-8,11-12H2,1-2H3;2*1H. The van der Waals surface area contributed by atoms with E-state index < -0.39 is 0 Å². The van der Waals surface area contributed by atoms with Gasteiger partial charge in [-0.25, -0.2) is 4.98 Å². The van der Waals surface area contributed by atoms with E-state index in [1.54, 1.807) is 11.1 Å². The van der Waals surface area contributed by atoms with E-state index in [1.807, 2.05) is 0 Å². The maximum atomic E-state index is 4.96. The molecule has 124 valence electrons. The van der Waals surface area contributed by atoms with E-state index in [2.05, 4.69) is 55.4 Å². The fourth-order valence-corrected chi connectivity index (χ4v) is 4.19. The second kappa shape index (κ2) is 7.21. The molecule has 1 saturated carbocycles. The first-order valence-electron chi connectivity index (χ1n) is 7.96. The number of hydrogen-bond acceptors (Lipinski definition) is 2. The van der Waals surface area contributed by atoms with Crippen LogP contribution in [0.25, 0.3) is 16.5 Å². The Balaban J connectivity index is 0.000000960. The SMILES string of the molecule is CN(C)CC1=C(c2ccc3ccccc3n2)C2CCC1C2.Cl.Cl. The molecule has 0 saturated heterocycles. The minimum absolute atomic E-state index is 0. The second-order valence-corrected chi connectivity index (χ2v) is 6.77. The predicted molar refractivity (Wildman–Crippen MR) is 103 cm³/mol. The molecule has 4 heteroatoms. The van der Waals surface area contributed by atoms with Gasteiger partial charge in [-0.1, -0.05) is 24.3 Å². The minimum atomic E-state index is 0. The summed E-state index contributed by atoms with van der Waals surface area (Å²) in [6.07, 6.45) is 4.09. The lowest BCUT2D eigenvalue weighted by Crippen LogP contribution is -2.19. The van der Waals surface area contributed by atoms with Crippen molar-refractivity contribution < 1.29 is 0 Å². The highest BCUT2D eigenvalue weighted by molar-refractivity contribution is 5.85. The minimum Gasteiger partial charge on any atom is -0.305 e. The molecule has 4 rings (SSSR count). The number of nitrogens with zero attached hydrogens (tertiary/aromatic N) is 2. The first-order chi connectivity index (χ1) is 10.2. The topological polar surface area (TPSA) is 16.1 Å². The molecule has 0 N–H and O–H groups in total. The summed E-state index contributed by atoms with van der Waals surface area (Å²) in [7, 11) is 4.34. The van der Waals surface area contributed by atoms with E-state index in [-0.39, 0.29) is 24.8 Å². The molecule has 0 amide bonds. The molecule has 2 aliphatic rings. The van der Waals surface area contributed by atoms with Crippen LogP contribution in [0.5, 0.6) is 0 Å². The molecule has 0 radical (unpaired) electrons. The Morgan fingerprint density at radius 3 is 2.52 bits per heavy atom. The molecule has 2 unspecified atom stereocenters. The third-order valence-electron chi connectivity index (χ3n) is 5.04. The average Bonchev–Trinajstić information content (AvgIpc) is 3.07. The van der Waals surface area contributed by atoms with Gasteiger partial charge in [-0.2, -0.15) is 0 Å². The van der Waals surface area contributed by atoms with Crippen molar-refractivity contribution >= 4 is 41.3 Å². The van der Waals surface area contributed by atoms with Gasteiger partial charge in [0.1, 0.15) is 0 Å². The monoisotopic (exact) mass is 350 g/mol. The molecule has 1 fully saturated rings. The Kier molecular flexibility index (Phi) is 5.72. The second-order valence-electron chi connectivity index (χ2n) is 6.77. The Morgan fingerprint density at radius 2 is 1.74 bits per heavy atom. The summed E-state index contributed by atoms with van der Waals surface area (Å²) in [5.74, 6) is 1.55. The van der Waals surface area contributed by atoms with Crippen LogP contribution in [0, 0.1) is 11.8 Å². The molecule has 2 aromatic rings. The first-order valence-corrected chi connectivity index (χ1v) is 7.96. The molecular formula is C19H24Cl2N2. The van der Waals surface area contributed by atoms with E-state index in [4.69, 9.17) is 4.98 Å². The van der Waals surface area contributed by atoms with Crippen molar-refractivity contribution in [3.8, 4) is 0 Å². The number of likely N-dealkylation sites (N-methyl/N-ethyl adjacent to an activating group) is 1. The van der Waals surface area contributed by atoms with Crippen molar-refractivity contribution in [3.63, 3.8) is 0 Å². The zero-order valence-electron chi connectivity index (χ0n) is 13.7. The zero-order valence-corrected chi connectivity index (χ0v) is 15.3. The van der Waals surface area contributed by atoms with Gasteiger partial charge >= 0.3 is 0 Å². The molecule has 1 heterocycles. The number of aromatic nitrogens is 1. The number of benzene rings is 1. The quantitative estimate of drug-likeness (QED) is 0.788. The number of halogens is 2. The van der Waals surface area contributed by atoms with Crippen molar-refractivity contribution in [2.24, 2.45) is 11.8 Å². The molecule has 0 aliphatic heterocycles. The van der Waals surface area contributed by atoms with Crippen LogP contribution in [-0.2, 0) is 0 Å². The molecule has 2 aliphatic carbocycles. The van der Waals surface area contributed by atoms with Crippen LogP contribution in [0.15, 0.2) is 42.0 Å². The van der Waals surface area contributed by atoms with Crippen LogP contribution < -0.4 is 0 Å². The van der Waals surface area contributed by atoms with Crippen LogP contribution in [0.4, 0.5) is 0 Å². The lowest BCUT2D eigenvalue weighted by atomic mass is 9.89. The Hall–Kier alpha value is -1.09. The maximum absolute atomic E-state index is 4.96. The van der Waals surface area contributed by atoms with Gasteiger partial charge < -0.3 is 4.90 Å². The van der Waals surface area contributed by atoms with Gasteiger partial charge in [-0.05, 0) is 68.5 Å². The van der Waals surface area contributed by atoms with Crippen molar-refractivity contribution in [2.75, 3.05) is 20.6 Å². The normalized spacial score (nSPS) is 22.4. The van der Waals surface area contributed by atoms with Crippen LogP contribution in [0.2, 0.25) is 0 Å². The summed E-state index contributed by atoms with van der Waals surface area (Å²) in [6.45, 7) is 1.09. The third-order valence-corrected chi connectivity index (χ3v) is 5.04. The smallest absolute Gasteiger partial charge is 0.0709 e. The number of pyridine rings is 1. The van der Waals surface area contributed by atoms with E-state index in [0.29, 0.717) is 0 Å². The molecule has 1 aromatic heterocycles. The van der Waals surface area contributed by atoms with Crippen molar-refractivity contribution in [1.29, 1.82) is 0 Å². The lowest BCUT2D eigenvalue weighted by Gasteiger charge is -2.22. The zero-order chi connectivity index (χ0) is 14.4. The highest BCUT2D eigenvalue weighted by atomic mass is 35.5. The Morgan fingerprint density at radius 1 is 1.00 bits per heavy atom. The van der Waals surface area contributed by atoms with Crippen LogP contribution in [0.1, 0.15) is 25.0 Å². The van der Waals surface area contributed by atoms with E-state index >= 15 is 0 Å². The number of fused-ring (bicyclic) bond motifs is 3. The highest BCUT2D eigenvalue weighted by Gasteiger charge is 2.39. The average molecular weight is 351 g/mol. The number of para-hydroxylation sites is 1. The summed E-state index contributed by atoms with van der Waals surface area (Å²) in [4.78, 5) is 7.26. The molecule has 2 bridgehead atoms. The van der Waals surface area contributed by atoms with Gasteiger partial charge in [0.2, 0.25) is 0 Å². The van der Waals surface area contributed by atoms with Gasteiger partial charge in [-0.15, -0.1) is 24.8 Å². The fraction of sp³-hybridized carbons (Fsp3) is 0.421. The molecular weight excluding hydrogens is 327 g/mol. The van der Waals surface area contributed by atoms with E-state index in [1.165, 1.54) is 30.3 Å². The van der Waals surface area contributed by atoms with Crippen molar-refractivity contribution in [1.82, 2.24) is 9.88 Å². The summed E-state index contributed by atoms with van der Waals surface area (Å²) in [5, 5.41) is 1.24. The highest BCUT2D eigenvalue weighted by Crippen LogP contribution is 2.52. The molecule has 2 nitrogen and oxygen atoms in total. The van der Waals surface area contributed by atoms with E-state index in [0.717, 1.165) is 23.9 Å². The Bertz CT molecular complexity index is 724. The van der Waals surface area contributed by atoms with Crippen molar-refractivity contribution in [2.45, 2.75) is 19.3 Å². The van der Waals surface area contributed by atoms with Gasteiger partial charge in [-0.3, -0.25) is 0 Å². The summed E-state index contributed by atoms with van der Waals surface area (Å²) < 4.78 is 0. The molecule has 23 heavy (non-hydrogen) atoms. The first kappa shape index (κ1) is 18.3. The number of allylic oxidation sites excluding steroid dienone is 1. The summed E-state index contributed by atoms with van der Waals surface area (Å²) >= 11 is 0. The van der Waals surface area contributed by atoms with Gasteiger partial charge in [0.15, 0.2) is 0 Å². The van der Waals surface area contributed by atoms with Crippen LogP contribution >= 0.6 is 24.8 Å². The van der Waals surface area contributed by atoms with Crippen LogP contribution in [-0.4, -0.2) is 30.5 Å². The maximum Gasteiger partial charge on any atom is 0.0709 e. The van der Waals surface area contributed by atoms with Gasteiger partial charge in [0.05, 0.1) is 11.2 Å². The summed E-state index contributed by atoms with van der Waals surface area (Å²) in [5.41, 5.74) is 5.55. The number of hydrogen-bond donors (Lipinski definition) is 0. The molecule has 0 spiro atoms. The van der Waals surface area contributed by atoms with Crippen molar-refractivity contribution in [3.05, 3.63) is 47.7 Å². The third kappa shape index (κ3) is 3.26.